The van der Waals surface area contributed by atoms with Crippen LogP contribution in [-0.4, -0.2) is 31.5 Å². The minimum absolute atomic E-state index is 0.0139. The number of para-hydroxylation sites is 1. The van der Waals surface area contributed by atoms with Crippen LogP contribution in [0.1, 0.15) is 11.1 Å². The van der Waals surface area contributed by atoms with Gasteiger partial charge in [0.25, 0.3) is 10.0 Å². The van der Waals surface area contributed by atoms with E-state index in [9.17, 15) is 8.42 Å². The summed E-state index contributed by atoms with van der Waals surface area (Å²) in [5, 5.41) is 2.99. The van der Waals surface area contributed by atoms with Crippen molar-refractivity contribution >= 4 is 10.0 Å². The average molecular weight is 482 g/mol. The van der Waals surface area contributed by atoms with Gasteiger partial charge in [-0.15, -0.1) is 0 Å². The van der Waals surface area contributed by atoms with Gasteiger partial charge in [-0.2, -0.15) is 0 Å². The van der Waals surface area contributed by atoms with E-state index in [1.165, 1.54) is 36.8 Å². The Morgan fingerprint density at radius 2 is 1.91 bits per heavy atom. The molecule has 0 saturated carbocycles. The molecule has 2 aromatic carbocycles. The number of halogens is 1. The van der Waals surface area contributed by atoms with Crippen LogP contribution in [0.15, 0.2) is 84.1 Å². The SMILES string of the molecule is CNCc1cc(-c2ccc(OCc3ccccc3OC)cc2F)n(S(=O)(=O)c2cccnc2)c1. The largest absolute Gasteiger partial charge is 0.496 e. The number of aromatic nitrogens is 2. The molecule has 1 N–H and O–H groups in total. The van der Waals surface area contributed by atoms with Gasteiger partial charge in [-0.1, -0.05) is 18.2 Å². The number of hydrogen-bond acceptors (Lipinski definition) is 6. The van der Waals surface area contributed by atoms with Crippen molar-refractivity contribution in [3.8, 4) is 22.8 Å². The molecule has 4 rings (SSSR count). The monoisotopic (exact) mass is 481 g/mol. The third-order valence-corrected chi connectivity index (χ3v) is 6.88. The van der Waals surface area contributed by atoms with Crippen molar-refractivity contribution < 1.29 is 22.3 Å². The van der Waals surface area contributed by atoms with Crippen molar-refractivity contribution in [2.45, 2.75) is 18.0 Å². The lowest BCUT2D eigenvalue weighted by Gasteiger charge is -2.13. The molecular formula is C25H24FN3O4S. The molecule has 9 heteroatoms. The standard InChI is InChI=1S/C25H24FN3O4S/c1-27-14-18-12-24(29(16-18)34(30,31)21-7-5-11-28-15-21)22-10-9-20(13-23(22)26)33-17-19-6-3-4-8-25(19)32-2/h3-13,15-16,27H,14,17H2,1-2H3. The summed E-state index contributed by atoms with van der Waals surface area (Å²) in [5.74, 6) is 0.389. The van der Waals surface area contributed by atoms with E-state index >= 15 is 4.39 Å². The van der Waals surface area contributed by atoms with Crippen LogP contribution in [0.2, 0.25) is 0 Å². The molecular weight excluding hydrogens is 457 g/mol. The number of ether oxygens (including phenoxy) is 2. The Labute approximate surface area is 197 Å². The lowest BCUT2D eigenvalue weighted by atomic mass is 10.1. The zero-order valence-electron chi connectivity index (χ0n) is 18.7. The lowest BCUT2D eigenvalue weighted by molar-refractivity contribution is 0.295. The summed E-state index contributed by atoms with van der Waals surface area (Å²) in [5.41, 5.74) is 1.87. The van der Waals surface area contributed by atoms with Crippen LogP contribution in [0.5, 0.6) is 11.5 Å². The summed E-state index contributed by atoms with van der Waals surface area (Å²) in [6.07, 6.45) is 4.24. The maximum absolute atomic E-state index is 15.2. The second kappa shape index (κ2) is 10.1. The molecule has 34 heavy (non-hydrogen) atoms. The highest BCUT2D eigenvalue weighted by Gasteiger charge is 2.23. The predicted molar refractivity (Wildman–Crippen MR) is 127 cm³/mol. The Morgan fingerprint density at radius 3 is 2.62 bits per heavy atom. The Hall–Kier alpha value is -3.69. The van der Waals surface area contributed by atoms with Crippen molar-refractivity contribution in [3.05, 3.63) is 96.2 Å². The number of benzene rings is 2. The van der Waals surface area contributed by atoms with Gasteiger partial charge >= 0.3 is 0 Å². The number of pyridine rings is 1. The van der Waals surface area contributed by atoms with Crippen LogP contribution in [0.3, 0.4) is 0 Å². The van der Waals surface area contributed by atoms with Gasteiger partial charge in [0.2, 0.25) is 0 Å². The van der Waals surface area contributed by atoms with Crippen molar-refractivity contribution in [2.75, 3.05) is 14.2 Å². The quantitative estimate of drug-likeness (QED) is 0.385. The van der Waals surface area contributed by atoms with Crippen molar-refractivity contribution in [1.29, 1.82) is 0 Å². The molecule has 0 aliphatic rings. The number of methoxy groups -OCH3 is 1. The molecule has 0 amide bonds. The molecule has 2 heterocycles. The van der Waals surface area contributed by atoms with Crippen LogP contribution < -0.4 is 14.8 Å². The van der Waals surface area contributed by atoms with Crippen LogP contribution >= 0.6 is 0 Å². The normalized spacial score (nSPS) is 11.4. The first kappa shape index (κ1) is 23.5. The van der Waals surface area contributed by atoms with Gasteiger partial charge < -0.3 is 14.8 Å². The van der Waals surface area contributed by atoms with Crippen molar-refractivity contribution in [1.82, 2.24) is 14.3 Å². The third-order valence-electron chi connectivity index (χ3n) is 5.22. The highest BCUT2D eigenvalue weighted by molar-refractivity contribution is 7.90. The number of rotatable bonds is 9. The fraction of sp³-hybridized carbons (Fsp3) is 0.160. The number of hydrogen-bond donors (Lipinski definition) is 1. The van der Waals surface area contributed by atoms with E-state index in [0.29, 0.717) is 23.6 Å². The first-order chi connectivity index (χ1) is 16.4. The molecule has 176 valence electrons. The van der Waals surface area contributed by atoms with E-state index in [1.807, 2.05) is 24.3 Å². The molecule has 0 aliphatic heterocycles. The van der Waals surface area contributed by atoms with Crippen LogP contribution in [0.4, 0.5) is 4.39 Å². The van der Waals surface area contributed by atoms with Gasteiger partial charge in [-0.3, -0.25) is 4.98 Å². The average Bonchev–Trinajstić information content (AvgIpc) is 3.28. The maximum atomic E-state index is 15.2. The second-order valence-electron chi connectivity index (χ2n) is 7.50. The minimum Gasteiger partial charge on any atom is -0.496 e. The molecule has 0 atom stereocenters. The van der Waals surface area contributed by atoms with Gasteiger partial charge in [-0.25, -0.2) is 16.8 Å². The molecule has 2 aromatic heterocycles. The Kier molecular flexibility index (Phi) is 6.95. The molecule has 0 saturated heterocycles. The van der Waals surface area contributed by atoms with Crippen molar-refractivity contribution in [2.24, 2.45) is 0 Å². The summed E-state index contributed by atoms with van der Waals surface area (Å²) >= 11 is 0. The second-order valence-corrected chi connectivity index (χ2v) is 9.31. The molecule has 0 spiro atoms. The van der Waals surface area contributed by atoms with E-state index in [-0.39, 0.29) is 22.8 Å². The van der Waals surface area contributed by atoms with Crippen molar-refractivity contribution in [3.63, 3.8) is 0 Å². The molecule has 0 aliphatic carbocycles. The first-order valence-electron chi connectivity index (χ1n) is 10.5. The van der Waals surface area contributed by atoms with E-state index in [4.69, 9.17) is 9.47 Å². The van der Waals surface area contributed by atoms with Gasteiger partial charge in [0, 0.05) is 42.3 Å². The fourth-order valence-electron chi connectivity index (χ4n) is 3.58. The smallest absolute Gasteiger partial charge is 0.269 e. The summed E-state index contributed by atoms with van der Waals surface area (Å²) in [4.78, 5) is 3.92. The predicted octanol–water partition coefficient (Wildman–Crippen LogP) is 4.23. The lowest BCUT2D eigenvalue weighted by Crippen LogP contribution is -2.14. The van der Waals surface area contributed by atoms with E-state index < -0.39 is 15.8 Å². The zero-order valence-corrected chi connectivity index (χ0v) is 19.5. The fourth-order valence-corrected chi connectivity index (χ4v) is 4.94. The molecule has 0 fully saturated rings. The van der Waals surface area contributed by atoms with E-state index in [0.717, 1.165) is 9.54 Å². The van der Waals surface area contributed by atoms with E-state index in [1.54, 1.807) is 32.4 Å². The highest BCUT2D eigenvalue weighted by Crippen LogP contribution is 2.31. The molecule has 4 aromatic rings. The molecule has 0 bridgehead atoms. The van der Waals surface area contributed by atoms with Gasteiger partial charge in [-0.05, 0) is 49.0 Å². The van der Waals surface area contributed by atoms with Crippen LogP contribution in [0.25, 0.3) is 11.3 Å². The highest BCUT2D eigenvalue weighted by atomic mass is 32.2. The first-order valence-corrected chi connectivity index (χ1v) is 11.9. The zero-order chi connectivity index (χ0) is 24.1. The number of nitrogens with one attached hydrogen (secondary N) is 1. The summed E-state index contributed by atoms with van der Waals surface area (Å²) in [6, 6.07) is 16.4. The number of nitrogens with zero attached hydrogens (tertiary/aromatic N) is 2. The topological polar surface area (TPSA) is 82.5 Å². The summed E-state index contributed by atoms with van der Waals surface area (Å²) < 4.78 is 54.0. The molecule has 7 nitrogen and oxygen atoms in total. The van der Waals surface area contributed by atoms with Gasteiger partial charge in [0.05, 0.1) is 12.8 Å². The van der Waals surface area contributed by atoms with Crippen LogP contribution in [-0.2, 0) is 23.2 Å². The summed E-state index contributed by atoms with van der Waals surface area (Å²) in [6.45, 7) is 0.616. The third kappa shape index (κ3) is 4.80. The Balaban J connectivity index is 1.68. The Morgan fingerprint density at radius 1 is 1.09 bits per heavy atom. The summed E-state index contributed by atoms with van der Waals surface area (Å²) in [7, 11) is -0.657. The van der Waals surface area contributed by atoms with Gasteiger partial charge in [0.15, 0.2) is 0 Å². The van der Waals surface area contributed by atoms with Crippen LogP contribution in [0, 0.1) is 5.82 Å². The maximum Gasteiger partial charge on any atom is 0.269 e. The van der Waals surface area contributed by atoms with E-state index in [2.05, 4.69) is 10.3 Å². The molecule has 0 radical (unpaired) electrons. The minimum atomic E-state index is -3.98. The Bertz CT molecular complexity index is 1390. The van der Waals surface area contributed by atoms with Gasteiger partial charge in [0.1, 0.15) is 28.8 Å². The molecule has 0 unspecified atom stereocenters.